The molecular formula is C14H20N2O2. The molecule has 0 bridgehead atoms. The number of rotatable bonds is 3. The van der Waals surface area contributed by atoms with Crippen LogP contribution in [0.3, 0.4) is 0 Å². The largest absolute Gasteiger partial charge is 0.399 e. The minimum atomic E-state index is 0.192. The topological polar surface area (TPSA) is 55.6 Å². The number of hydrogen-bond acceptors (Lipinski definition) is 3. The second-order valence-electron chi connectivity index (χ2n) is 4.75. The van der Waals surface area contributed by atoms with Crippen LogP contribution >= 0.6 is 0 Å². The molecule has 1 saturated heterocycles. The van der Waals surface area contributed by atoms with Crippen molar-refractivity contribution in [1.82, 2.24) is 4.90 Å². The molecule has 0 aromatic heterocycles. The zero-order chi connectivity index (χ0) is 13.0. The Morgan fingerprint density at radius 1 is 1.44 bits per heavy atom. The van der Waals surface area contributed by atoms with Crippen LogP contribution in [0.5, 0.6) is 0 Å². The lowest BCUT2D eigenvalue weighted by atomic mass is 10.1. The summed E-state index contributed by atoms with van der Waals surface area (Å²) in [5, 5.41) is 0. The van der Waals surface area contributed by atoms with Gasteiger partial charge in [-0.3, -0.25) is 4.79 Å². The van der Waals surface area contributed by atoms with Crippen LogP contribution in [0.4, 0.5) is 5.69 Å². The maximum absolute atomic E-state index is 12.1. The van der Waals surface area contributed by atoms with Crippen LogP contribution in [0.25, 0.3) is 0 Å². The maximum Gasteiger partial charge on any atom is 0.223 e. The van der Waals surface area contributed by atoms with E-state index in [0.29, 0.717) is 26.2 Å². The first kappa shape index (κ1) is 12.9. The van der Waals surface area contributed by atoms with Crippen LogP contribution in [0.15, 0.2) is 24.3 Å². The van der Waals surface area contributed by atoms with Gasteiger partial charge in [0.1, 0.15) is 0 Å². The molecule has 18 heavy (non-hydrogen) atoms. The first-order valence-corrected chi connectivity index (χ1v) is 6.38. The molecule has 1 unspecified atom stereocenters. The monoisotopic (exact) mass is 248 g/mol. The Hall–Kier alpha value is -1.55. The van der Waals surface area contributed by atoms with E-state index in [9.17, 15) is 4.79 Å². The summed E-state index contributed by atoms with van der Waals surface area (Å²) >= 11 is 0. The molecule has 2 N–H and O–H groups in total. The Balaban J connectivity index is 1.85. The number of carbonyl (C=O) groups is 1. The highest BCUT2D eigenvalue weighted by molar-refractivity contribution is 5.76. The fourth-order valence-corrected chi connectivity index (χ4v) is 2.18. The smallest absolute Gasteiger partial charge is 0.223 e. The van der Waals surface area contributed by atoms with Crippen molar-refractivity contribution in [3.05, 3.63) is 29.8 Å². The number of amides is 1. The van der Waals surface area contributed by atoms with E-state index in [1.807, 2.05) is 36.1 Å². The average molecular weight is 248 g/mol. The van der Waals surface area contributed by atoms with Gasteiger partial charge in [0.15, 0.2) is 0 Å². The molecule has 0 saturated carbocycles. The van der Waals surface area contributed by atoms with Gasteiger partial charge in [-0.25, -0.2) is 0 Å². The van der Waals surface area contributed by atoms with Crippen LogP contribution < -0.4 is 5.73 Å². The second kappa shape index (κ2) is 5.87. The molecular weight excluding hydrogens is 228 g/mol. The van der Waals surface area contributed by atoms with Gasteiger partial charge in [-0.2, -0.15) is 0 Å². The first-order valence-electron chi connectivity index (χ1n) is 6.38. The van der Waals surface area contributed by atoms with E-state index in [-0.39, 0.29) is 11.9 Å². The van der Waals surface area contributed by atoms with Crippen LogP contribution in [-0.2, 0) is 16.0 Å². The number of anilines is 1. The number of hydrogen-bond donors (Lipinski definition) is 1. The van der Waals surface area contributed by atoms with Gasteiger partial charge in [-0.1, -0.05) is 12.1 Å². The van der Waals surface area contributed by atoms with Crippen molar-refractivity contribution in [2.75, 3.05) is 25.5 Å². The van der Waals surface area contributed by atoms with Crippen molar-refractivity contribution in [1.29, 1.82) is 0 Å². The lowest BCUT2D eigenvalue weighted by Crippen LogP contribution is -2.47. The van der Waals surface area contributed by atoms with Gasteiger partial charge in [0.05, 0.1) is 19.3 Å². The molecule has 1 aromatic rings. The third-order valence-electron chi connectivity index (χ3n) is 3.30. The van der Waals surface area contributed by atoms with E-state index in [1.54, 1.807) is 0 Å². The van der Waals surface area contributed by atoms with Crippen LogP contribution in [0.1, 0.15) is 18.9 Å². The molecule has 1 aliphatic heterocycles. The maximum atomic E-state index is 12.1. The van der Waals surface area contributed by atoms with E-state index in [1.165, 1.54) is 0 Å². The first-order chi connectivity index (χ1) is 8.66. The molecule has 4 heteroatoms. The summed E-state index contributed by atoms with van der Waals surface area (Å²) in [6.45, 7) is 4.04. The molecule has 1 aromatic carbocycles. The summed E-state index contributed by atoms with van der Waals surface area (Å²) in [7, 11) is 0. The number of benzene rings is 1. The van der Waals surface area contributed by atoms with Crippen molar-refractivity contribution >= 4 is 11.6 Å². The molecule has 1 heterocycles. The van der Waals surface area contributed by atoms with Crippen LogP contribution in [0.2, 0.25) is 0 Å². The van der Waals surface area contributed by atoms with E-state index in [4.69, 9.17) is 10.5 Å². The standard InChI is InChI=1S/C14H20N2O2/c1-11-10-18-9-8-16(11)14(17)7-4-12-2-5-13(15)6-3-12/h2-3,5-6,11H,4,7-10,15H2,1H3. The van der Waals surface area contributed by atoms with Gasteiger partial charge in [-0.15, -0.1) is 0 Å². The Morgan fingerprint density at radius 3 is 2.83 bits per heavy atom. The SMILES string of the molecule is CC1COCCN1C(=O)CCc1ccc(N)cc1. The molecule has 4 nitrogen and oxygen atoms in total. The Kier molecular flexibility index (Phi) is 4.20. The van der Waals surface area contributed by atoms with Gasteiger partial charge < -0.3 is 15.4 Å². The molecule has 2 rings (SSSR count). The summed E-state index contributed by atoms with van der Waals surface area (Å²) in [6.07, 6.45) is 1.32. The summed E-state index contributed by atoms with van der Waals surface area (Å²) in [4.78, 5) is 14.0. The summed E-state index contributed by atoms with van der Waals surface area (Å²) in [5.74, 6) is 0.211. The third-order valence-corrected chi connectivity index (χ3v) is 3.30. The number of ether oxygens (including phenoxy) is 1. The van der Waals surface area contributed by atoms with Gasteiger partial charge in [-0.05, 0) is 31.0 Å². The molecule has 0 spiro atoms. The Morgan fingerprint density at radius 2 is 2.17 bits per heavy atom. The molecule has 0 aliphatic carbocycles. The van der Waals surface area contributed by atoms with Crippen molar-refractivity contribution in [3.8, 4) is 0 Å². The second-order valence-corrected chi connectivity index (χ2v) is 4.75. The zero-order valence-electron chi connectivity index (χ0n) is 10.8. The van der Waals surface area contributed by atoms with Gasteiger partial charge in [0, 0.05) is 18.7 Å². The molecule has 0 radical (unpaired) electrons. The zero-order valence-corrected chi connectivity index (χ0v) is 10.8. The van der Waals surface area contributed by atoms with Crippen molar-refractivity contribution in [2.45, 2.75) is 25.8 Å². The predicted octanol–water partition coefficient (Wildman–Crippen LogP) is 1.45. The van der Waals surface area contributed by atoms with Crippen molar-refractivity contribution in [2.24, 2.45) is 0 Å². The quantitative estimate of drug-likeness (QED) is 0.824. The highest BCUT2D eigenvalue weighted by Crippen LogP contribution is 2.12. The number of carbonyl (C=O) groups excluding carboxylic acids is 1. The summed E-state index contributed by atoms with van der Waals surface area (Å²) in [5.41, 5.74) is 7.54. The summed E-state index contributed by atoms with van der Waals surface area (Å²) < 4.78 is 5.33. The van der Waals surface area contributed by atoms with E-state index in [2.05, 4.69) is 0 Å². The van der Waals surface area contributed by atoms with Gasteiger partial charge in [0.2, 0.25) is 5.91 Å². The fourth-order valence-electron chi connectivity index (χ4n) is 2.18. The highest BCUT2D eigenvalue weighted by atomic mass is 16.5. The molecule has 1 fully saturated rings. The predicted molar refractivity (Wildman–Crippen MR) is 71.2 cm³/mol. The number of nitrogen functional groups attached to an aromatic ring is 1. The Labute approximate surface area is 108 Å². The number of morpholine rings is 1. The minimum absolute atomic E-state index is 0.192. The lowest BCUT2D eigenvalue weighted by molar-refractivity contribution is -0.139. The molecule has 1 atom stereocenters. The minimum Gasteiger partial charge on any atom is -0.399 e. The van der Waals surface area contributed by atoms with Gasteiger partial charge >= 0.3 is 0 Å². The number of nitrogens with zero attached hydrogens (tertiary/aromatic N) is 1. The third kappa shape index (κ3) is 3.23. The van der Waals surface area contributed by atoms with Crippen molar-refractivity contribution in [3.63, 3.8) is 0 Å². The number of aryl methyl sites for hydroxylation is 1. The average Bonchev–Trinajstić information content (AvgIpc) is 2.38. The van der Waals surface area contributed by atoms with E-state index >= 15 is 0 Å². The summed E-state index contributed by atoms with van der Waals surface area (Å²) in [6, 6.07) is 7.89. The van der Waals surface area contributed by atoms with E-state index in [0.717, 1.165) is 17.7 Å². The highest BCUT2D eigenvalue weighted by Gasteiger charge is 2.22. The normalized spacial score (nSPS) is 19.8. The van der Waals surface area contributed by atoms with Crippen LogP contribution in [-0.4, -0.2) is 36.6 Å². The molecule has 98 valence electrons. The fraction of sp³-hybridized carbons (Fsp3) is 0.500. The van der Waals surface area contributed by atoms with Gasteiger partial charge in [0.25, 0.3) is 0 Å². The molecule has 1 amide bonds. The molecule has 1 aliphatic rings. The van der Waals surface area contributed by atoms with Crippen molar-refractivity contribution < 1.29 is 9.53 Å². The Bertz CT molecular complexity index is 403. The van der Waals surface area contributed by atoms with Crippen LogP contribution in [0, 0.1) is 0 Å². The number of nitrogens with two attached hydrogens (primary N) is 1. The lowest BCUT2D eigenvalue weighted by Gasteiger charge is -2.33. The van der Waals surface area contributed by atoms with E-state index < -0.39 is 0 Å².